The minimum atomic E-state index is -2.72. The van der Waals surface area contributed by atoms with Crippen LogP contribution in [0.4, 0.5) is 8.78 Å². The van der Waals surface area contributed by atoms with Gasteiger partial charge in [-0.05, 0) is 44.6 Å². The van der Waals surface area contributed by atoms with Gasteiger partial charge in [-0.2, -0.15) is 0 Å². The Morgan fingerprint density at radius 3 is 2.59 bits per heavy atom. The molecule has 0 radical (unpaired) electrons. The van der Waals surface area contributed by atoms with E-state index in [-0.39, 0.29) is 37.0 Å². The first-order chi connectivity index (χ1) is 13.7. The number of carbonyl (C=O) groups is 2. The SMILES string of the molecule is Cc1csc(-c2c(CC(=O)C3=C(C(=O)O)CCCC3)sc3c2CCC(F)(F)C3)n1. The summed E-state index contributed by atoms with van der Waals surface area (Å²) < 4.78 is 28.0. The van der Waals surface area contributed by atoms with Crippen LogP contribution in [-0.2, 0) is 28.9 Å². The van der Waals surface area contributed by atoms with Crippen LogP contribution in [0.2, 0.25) is 0 Å². The van der Waals surface area contributed by atoms with Crippen molar-refractivity contribution in [3.8, 4) is 10.6 Å². The maximum atomic E-state index is 14.0. The number of carboxylic acids is 1. The number of thiophene rings is 1. The molecule has 4 nitrogen and oxygen atoms in total. The molecule has 2 aromatic heterocycles. The first kappa shape index (κ1) is 20.3. The highest BCUT2D eigenvalue weighted by Crippen LogP contribution is 2.45. The van der Waals surface area contributed by atoms with Crippen molar-refractivity contribution in [1.82, 2.24) is 4.98 Å². The number of ketones is 1. The lowest BCUT2D eigenvalue weighted by atomic mass is 9.87. The maximum Gasteiger partial charge on any atom is 0.331 e. The van der Waals surface area contributed by atoms with Gasteiger partial charge in [0.1, 0.15) is 5.01 Å². The third-order valence-electron chi connectivity index (χ3n) is 5.54. The third-order valence-corrected chi connectivity index (χ3v) is 7.75. The zero-order valence-electron chi connectivity index (χ0n) is 16.0. The lowest BCUT2D eigenvalue weighted by Gasteiger charge is -2.22. The molecule has 2 heterocycles. The summed E-state index contributed by atoms with van der Waals surface area (Å²) in [5.74, 6) is -3.96. The van der Waals surface area contributed by atoms with Crippen LogP contribution < -0.4 is 0 Å². The highest BCUT2D eigenvalue weighted by molar-refractivity contribution is 7.15. The van der Waals surface area contributed by atoms with E-state index in [0.717, 1.165) is 39.5 Å². The molecule has 2 aromatic rings. The Bertz CT molecular complexity index is 1020. The summed E-state index contributed by atoms with van der Waals surface area (Å²) in [6, 6.07) is 0. The Morgan fingerprint density at radius 1 is 1.21 bits per heavy atom. The number of alkyl halides is 2. The second kappa shape index (κ2) is 7.72. The molecule has 0 aliphatic heterocycles. The van der Waals surface area contributed by atoms with Crippen LogP contribution in [0.5, 0.6) is 0 Å². The molecule has 0 atom stereocenters. The molecule has 2 aliphatic rings. The van der Waals surface area contributed by atoms with Crippen LogP contribution in [-0.4, -0.2) is 27.8 Å². The summed E-state index contributed by atoms with van der Waals surface area (Å²) in [4.78, 5) is 30.5. The van der Waals surface area contributed by atoms with Gasteiger partial charge in [-0.3, -0.25) is 4.79 Å². The molecule has 0 fully saturated rings. The molecule has 0 saturated carbocycles. The van der Waals surface area contributed by atoms with E-state index >= 15 is 0 Å². The van der Waals surface area contributed by atoms with Gasteiger partial charge in [0.15, 0.2) is 5.78 Å². The van der Waals surface area contributed by atoms with E-state index < -0.39 is 11.9 Å². The number of allylic oxidation sites excluding steroid dienone is 1. The molecule has 0 aromatic carbocycles. The Kier molecular flexibility index (Phi) is 5.42. The summed E-state index contributed by atoms with van der Waals surface area (Å²) in [6.45, 7) is 1.88. The van der Waals surface area contributed by atoms with Gasteiger partial charge < -0.3 is 5.11 Å². The molecule has 0 spiro atoms. The van der Waals surface area contributed by atoms with Gasteiger partial charge in [0.25, 0.3) is 5.92 Å². The van der Waals surface area contributed by atoms with Crippen LogP contribution in [0.3, 0.4) is 0 Å². The van der Waals surface area contributed by atoms with Gasteiger partial charge in [0.2, 0.25) is 0 Å². The summed E-state index contributed by atoms with van der Waals surface area (Å²) in [5, 5.41) is 12.1. The van der Waals surface area contributed by atoms with Crippen molar-refractivity contribution in [1.29, 1.82) is 0 Å². The molecule has 1 N–H and O–H groups in total. The number of aliphatic carboxylic acids is 1. The van der Waals surface area contributed by atoms with E-state index in [1.807, 2.05) is 12.3 Å². The number of rotatable bonds is 5. The number of Topliss-reactive ketones (excluding diaryl/α,β-unsaturated/α-hetero) is 1. The number of aromatic nitrogens is 1. The molecule has 0 saturated heterocycles. The quantitative estimate of drug-likeness (QED) is 0.683. The smallest absolute Gasteiger partial charge is 0.331 e. The molecule has 154 valence electrons. The zero-order valence-corrected chi connectivity index (χ0v) is 17.7. The van der Waals surface area contributed by atoms with E-state index in [0.29, 0.717) is 23.3 Å². The second-order valence-electron chi connectivity index (χ2n) is 7.70. The molecule has 0 bridgehead atoms. The highest BCUT2D eigenvalue weighted by Gasteiger charge is 2.38. The van der Waals surface area contributed by atoms with Crippen LogP contribution in [0.1, 0.15) is 53.1 Å². The van der Waals surface area contributed by atoms with Crippen molar-refractivity contribution in [2.24, 2.45) is 0 Å². The van der Waals surface area contributed by atoms with Gasteiger partial charge in [-0.25, -0.2) is 18.6 Å². The third kappa shape index (κ3) is 4.05. The Balaban J connectivity index is 1.75. The number of hydrogen-bond acceptors (Lipinski definition) is 5. The minimum absolute atomic E-state index is 0.0450. The van der Waals surface area contributed by atoms with E-state index in [1.165, 1.54) is 22.7 Å². The molecule has 0 unspecified atom stereocenters. The van der Waals surface area contributed by atoms with Gasteiger partial charge in [-0.15, -0.1) is 22.7 Å². The summed E-state index contributed by atoms with van der Waals surface area (Å²) in [6.07, 6.45) is 2.25. The normalized spacial score (nSPS) is 18.6. The number of carboxylic acid groups (broad SMARTS) is 1. The number of carbonyl (C=O) groups excluding carboxylic acids is 1. The fourth-order valence-corrected chi connectivity index (χ4v) is 6.54. The lowest BCUT2D eigenvalue weighted by Crippen LogP contribution is -2.24. The Labute approximate surface area is 175 Å². The standard InChI is InChI=1S/C21H21F2NO3S2/c1-11-10-28-19(24-11)18-14-6-7-21(22,23)9-17(14)29-16(18)8-15(25)12-4-2-3-5-13(12)20(26)27/h10H,2-9H2,1H3,(H,26,27). The molecular weight excluding hydrogens is 416 g/mol. The van der Waals surface area contributed by atoms with Crippen LogP contribution in [0, 0.1) is 6.92 Å². The van der Waals surface area contributed by atoms with E-state index in [1.54, 1.807) is 0 Å². The molecule has 29 heavy (non-hydrogen) atoms. The van der Waals surface area contributed by atoms with Crippen LogP contribution in [0.15, 0.2) is 16.5 Å². The van der Waals surface area contributed by atoms with E-state index in [2.05, 4.69) is 4.98 Å². The number of thiazole rings is 1. The zero-order chi connectivity index (χ0) is 20.8. The highest BCUT2D eigenvalue weighted by atomic mass is 32.1. The molecule has 2 aliphatic carbocycles. The fraction of sp³-hybridized carbons (Fsp3) is 0.476. The first-order valence-corrected chi connectivity index (χ1v) is 11.4. The summed E-state index contributed by atoms with van der Waals surface area (Å²) in [5.41, 5.74) is 3.16. The van der Waals surface area contributed by atoms with Crippen molar-refractivity contribution >= 4 is 34.4 Å². The van der Waals surface area contributed by atoms with E-state index in [4.69, 9.17) is 0 Å². The average molecular weight is 438 g/mol. The summed E-state index contributed by atoms with van der Waals surface area (Å²) in [7, 11) is 0. The van der Waals surface area contributed by atoms with Gasteiger partial charge in [0.05, 0.1) is 0 Å². The van der Waals surface area contributed by atoms with Crippen molar-refractivity contribution in [3.05, 3.63) is 37.5 Å². The number of nitrogens with zero attached hydrogens (tertiary/aromatic N) is 1. The monoisotopic (exact) mass is 437 g/mol. The van der Waals surface area contributed by atoms with E-state index in [9.17, 15) is 23.5 Å². The van der Waals surface area contributed by atoms with Crippen molar-refractivity contribution in [2.75, 3.05) is 0 Å². The second-order valence-corrected chi connectivity index (χ2v) is 9.75. The maximum absolute atomic E-state index is 14.0. The van der Waals surface area contributed by atoms with Crippen LogP contribution >= 0.6 is 22.7 Å². The van der Waals surface area contributed by atoms with Crippen molar-refractivity contribution < 1.29 is 23.5 Å². The van der Waals surface area contributed by atoms with Gasteiger partial charge in [0, 0.05) is 56.8 Å². The largest absolute Gasteiger partial charge is 0.478 e. The lowest BCUT2D eigenvalue weighted by molar-refractivity contribution is -0.133. The summed E-state index contributed by atoms with van der Waals surface area (Å²) >= 11 is 2.72. The van der Waals surface area contributed by atoms with Crippen LogP contribution in [0.25, 0.3) is 10.6 Å². The Hall–Kier alpha value is -1.93. The number of aryl methyl sites for hydroxylation is 1. The van der Waals surface area contributed by atoms with Crippen molar-refractivity contribution in [3.63, 3.8) is 0 Å². The number of fused-ring (bicyclic) bond motifs is 1. The fourth-order valence-electron chi connectivity index (χ4n) is 4.15. The predicted octanol–water partition coefficient (Wildman–Crippen LogP) is 5.37. The first-order valence-electron chi connectivity index (χ1n) is 9.67. The molecule has 0 amide bonds. The average Bonchev–Trinajstić information content (AvgIpc) is 3.23. The topological polar surface area (TPSA) is 67.3 Å². The number of hydrogen-bond donors (Lipinski definition) is 1. The van der Waals surface area contributed by atoms with Gasteiger partial charge >= 0.3 is 5.97 Å². The molecular formula is C21H21F2NO3S2. The Morgan fingerprint density at radius 2 is 1.93 bits per heavy atom. The minimum Gasteiger partial charge on any atom is -0.478 e. The molecule has 4 rings (SSSR count). The number of halogens is 2. The van der Waals surface area contributed by atoms with Gasteiger partial charge in [-0.1, -0.05) is 0 Å². The predicted molar refractivity (Wildman–Crippen MR) is 109 cm³/mol. The van der Waals surface area contributed by atoms with Crippen molar-refractivity contribution in [2.45, 2.75) is 64.2 Å². The molecule has 8 heteroatoms.